The molecular formula is C14H13N3OS. The second kappa shape index (κ2) is 5.24. The van der Waals surface area contributed by atoms with Crippen LogP contribution in [-0.2, 0) is 6.54 Å². The average Bonchev–Trinajstić information content (AvgIpc) is 2.93. The van der Waals surface area contributed by atoms with Gasteiger partial charge in [0.15, 0.2) is 0 Å². The molecule has 4 nitrogen and oxygen atoms in total. The van der Waals surface area contributed by atoms with Gasteiger partial charge >= 0.3 is 0 Å². The van der Waals surface area contributed by atoms with Gasteiger partial charge < -0.3 is 10.1 Å². The highest BCUT2D eigenvalue weighted by atomic mass is 32.1. The van der Waals surface area contributed by atoms with Crippen molar-refractivity contribution >= 4 is 27.2 Å². The van der Waals surface area contributed by atoms with Gasteiger partial charge in [-0.05, 0) is 24.3 Å². The second-order valence-electron chi connectivity index (χ2n) is 4.06. The zero-order valence-electron chi connectivity index (χ0n) is 10.5. The Hall–Kier alpha value is -2.14. The first-order valence-electron chi connectivity index (χ1n) is 5.92. The quantitative estimate of drug-likeness (QED) is 0.790. The molecule has 0 aliphatic carbocycles. The third-order valence-electron chi connectivity index (χ3n) is 2.86. The lowest BCUT2D eigenvalue weighted by Gasteiger charge is -2.09. The summed E-state index contributed by atoms with van der Waals surface area (Å²) in [6.07, 6.45) is 1.73. The monoisotopic (exact) mass is 271 g/mol. The number of anilines is 1. The maximum atomic E-state index is 5.23. The molecule has 0 saturated carbocycles. The van der Waals surface area contributed by atoms with Crippen LogP contribution in [0, 0.1) is 0 Å². The zero-order chi connectivity index (χ0) is 13.1. The molecule has 0 saturated heterocycles. The normalized spacial score (nSPS) is 10.6. The molecule has 2 heterocycles. The summed E-state index contributed by atoms with van der Waals surface area (Å²) in [5, 5.41) is 3.38. The van der Waals surface area contributed by atoms with Gasteiger partial charge in [-0.2, -0.15) is 0 Å². The van der Waals surface area contributed by atoms with Crippen LogP contribution < -0.4 is 10.1 Å². The van der Waals surface area contributed by atoms with Crippen LogP contribution in [0.1, 0.15) is 5.56 Å². The summed E-state index contributed by atoms with van der Waals surface area (Å²) in [6.45, 7) is 0.682. The number of fused-ring (bicyclic) bond motifs is 1. The van der Waals surface area contributed by atoms with Crippen molar-refractivity contribution in [1.82, 2.24) is 9.97 Å². The third-order valence-corrected chi connectivity index (χ3v) is 3.65. The largest absolute Gasteiger partial charge is 0.481 e. The number of methoxy groups -OCH3 is 1. The Balaban J connectivity index is 1.78. The van der Waals surface area contributed by atoms with Crippen molar-refractivity contribution in [2.75, 3.05) is 12.4 Å². The predicted octanol–water partition coefficient (Wildman–Crippen LogP) is 3.31. The molecule has 2 aromatic heterocycles. The highest BCUT2D eigenvalue weighted by Gasteiger charge is 2.03. The van der Waals surface area contributed by atoms with Crippen molar-refractivity contribution in [3.05, 3.63) is 47.6 Å². The Morgan fingerprint density at radius 2 is 2.21 bits per heavy atom. The Labute approximate surface area is 115 Å². The summed E-state index contributed by atoms with van der Waals surface area (Å²) in [7, 11) is 1.63. The van der Waals surface area contributed by atoms with E-state index in [9.17, 15) is 0 Å². The van der Waals surface area contributed by atoms with Gasteiger partial charge in [0, 0.05) is 24.0 Å². The maximum absolute atomic E-state index is 5.23. The summed E-state index contributed by atoms with van der Waals surface area (Å²) < 4.78 is 6.42. The SMILES string of the molecule is COc1ncccc1CNc1ccc2ncsc2c1. The number of nitrogens with one attached hydrogen (secondary N) is 1. The highest BCUT2D eigenvalue weighted by molar-refractivity contribution is 7.16. The zero-order valence-corrected chi connectivity index (χ0v) is 11.3. The predicted molar refractivity (Wildman–Crippen MR) is 77.7 cm³/mol. The fraction of sp³-hybridized carbons (Fsp3) is 0.143. The van der Waals surface area contributed by atoms with Crippen molar-refractivity contribution in [3.63, 3.8) is 0 Å². The molecule has 5 heteroatoms. The van der Waals surface area contributed by atoms with Crippen LogP contribution in [0.5, 0.6) is 5.88 Å². The van der Waals surface area contributed by atoms with Crippen molar-refractivity contribution in [1.29, 1.82) is 0 Å². The van der Waals surface area contributed by atoms with Crippen molar-refractivity contribution in [2.45, 2.75) is 6.54 Å². The molecule has 96 valence electrons. The number of benzene rings is 1. The van der Waals surface area contributed by atoms with Crippen molar-refractivity contribution in [3.8, 4) is 5.88 Å². The minimum absolute atomic E-state index is 0.661. The standard InChI is InChI=1S/C14H13N3OS/c1-18-14-10(3-2-6-15-14)8-16-11-4-5-12-13(7-11)19-9-17-12/h2-7,9,16H,8H2,1H3. The van der Waals surface area contributed by atoms with Gasteiger partial charge in [-0.25, -0.2) is 9.97 Å². The van der Waals surface area contributed by atoms with Crippen LogP contribution >= 0.6 is 11.3 Å². The molecule has 19 heavy (non-hydrogen) atoms. The minimum Gasteiger partial charge on any atom is -0.481 e. The van der Waals surface area contributed by atoms with Crippen LogP contribution in [0.25, 0.3) is 10.2 Å². The van der Waals surface area contributed by atoms with E-state index in [1.165, 1.54) is 4.70 Å². The Bertz CT molecular complexity index is 696. The van der Waals surface area contributed by atoms with Crippen LogP contribution in [0.15, 0.2) is 42.0 Å². The van der Waals surface area contributed by atoms with Gasteiger partial charge in [0.05, 0.1) is 22.8 Å². The molecule has 0 radical (unpaired) electrons. The molecule has 0 spiro atoms. The summed E-state index contributed by atoms with van der Waals surface area (Å²) in [5.41, 5.74) is 5.00. The topological polar surface area (TPSA) is 47.0 Å². The molecule has 0 amide bonds. The number of hydrogen-bond donors (Lipinski definition) is 1. The van der Waals surface area contributed by atoms with E-state index in [0.29, 0.717) is 12.4 Å². The Morgan fingerprint density at radius 3 is 3.11 bits per heavy atom. The van der Waals surface area contributed by atoms with E-state index < -0.39 is 0 Å². The van der Waals surface area contributed by atoms with E-state index in [2.05, 4.69) is 21.4 Å². The van der Waals surface area contributed by atoms with E-state index in [0.717, 1.165) is 16.8 Å². The smallest absolute Gasteiger partial charge is 0.218 e. The van der Waals surface area contributed by atoms with E-state index >= 15 is 0 Å². The molecular weight excluding hydrogens is 258 g/mol. The number of hydrogen-bond acceptors (Lipinski definition) is 5. The number of nitrogens with zero attached hydrogens (tertiary/aromatic N) is 2. The lowest BCUT2D eigenvalue weighted by Crippen LogP contribution is -2.02. The molecule has 1 aromatic carbocycles. The van der Waals surface area contributed by atoms with Crippen LogP contribution in [0.3, 0.4) is 0 Å². The fourth-order valence-electron chi connectivity index (χ4n) is 1.90. The van der Waals surface area contributed by atoms with Gasteiger partial charge in [-0.1, -0.05) is 6.07 Å². The first kappa shape index (κ1) is 11.9. The molecule has 0 aliphatic heterocycles. The summed E-state index contributed by atoms with van der Waals surface area (Å²) in [4.78, 5) is 8.45. The van der Waals surface area contributed by atoms with E-state index in [1.54, 1.807) is 24.6 Å². The molecule has 0 unspecified atom stereocenters. The van der Waals surface area contributed by atoms with Crippen LogP contribution in [-0.4, -0.2) is 17.1 Å². The van der Waals surface area contributed by atoms with Gasteiger partial charge in [0.25, 0.3) is 0 Å². The first-order valence-corrected chi connectivity index (χ1v) is 6.80. The summed E-state index contributed by atoms with van der Waals surface area (Å²) in [5.74, 6) is 0.661. The lowest BCUT2D eigenvalue weighted by molar-refractivity contribution is 0.393. The molecule has 3 aromatic rings. The number of aromatic nitrogens is 2. The minimum atomic E-state index is 0.661. The highest BCUT2D eigenvalue weighted by Crippen LogP contribution is 2.23. The van der Waals surface area contributed by atoms with Gasteiger partial charge in [-0.3, -0.25) is 0 Å². The first-order chi connectivity index (χ1) is 9.36. The number of ether oxygens (including phenoxy) is 1. The molecule has 0 fully saturated rings. The summed E-state index contributed by atoms with van der Waals surface area (Å²) >= 11 is 1.64. The summed E-state index contributed by atoms with van der Waals surface area (Å²) in [6, 6.07) is 10.1. The number of rotatable bonds is 4. The van der Waals surface area contributed by atoms with Gasteiger partial charge in [0.2, 0.25) is 5.88 Å². The fourth-order valence-corrected chi connectivity index (χ4v) is 2.62. The van der Waals surface area contributed by atoms with Gasteiger partial charge in [-0.15, -0.1) is 11.3 Å². The lowest BCUT2D eigenvalue weighted by atomic mass is 10.2. The molecule has 3 rings (SSSR count). The second-order valence-corrected chi connectivity index (χ2v) is 4.95. The molecule has 0 atom stereocenters. The number of pyridine rings is 1. The molecule has 1 N–H and O–H groups in total. The third kappa shape index (κ3) is 2.51. The van der Waals surface area contributed by atoms with Crippen LogP contribution in [0.2, 0.25) is 0 Å². The van der Waals surface area contributed by atoms with E-state index in [1.807, 2.05) is 29.8 Å². The molecule has 0 aliphatic rings. The average molecular weight is 271 g/mol. The maximum Gasteiger partial charge on any atom is 0.218 e. The van der Waals surface area contributed by atoms with Gasteiger partial charge in [0.1, 0.15) is 0 Å². The van der Waals surface area contributed by atoms with Crippen molar-refractivity contribution < 1.29 is 4.74 Å². The van der Waals surface area contributed by atoms with E-state index in [4.69, 9.17) is 4.74 Å². The Morgan fingerprint density at radius 1 is 1.26 bits per heavy atom. The Kier molecular flexibility index (Phi) is 3.29. The molecule has 0 bridgehead atoms. The van der Waals surface area contributed by atoms with Crippen LogP contribution in [0.4, 0.5) is 5.69 Å². The number of thiazole rings is 1. The van der Waals surface area contributed by atoms with E-state index in [-0.39, 0.29) is 0 Å². The van der Waals surface area contributed by atoms with Crippen molar-refractivity contribution in [2.24, 2.45) is 0 Å².